The number of carbonyl (C=O) groups excluding carboxylic acids is 3. The van der Waals surface area contributed by atoms with Gasteiger partial charge in [-0.2, -0.15) is 0 Å². The highest BCUT2D eigenvalue weighted by atomic mass is 32.1. The average molecular weight is 415 g/mol. The Kier molecular flexibility index (Phi) is 6.30. The lowest BCUT2D eigenvalue weighted by atomic mass is 10.2. The highest BCUT2D eigenvalue weighted by Gasteiger charge is 2.13. The molecule has 3 amide bonds. The van der Waals surface area contributed by atoms with Crippen LogP contribution in [0.3, 0.4) is 0 Å². The first-order chi connectivity index (χ1) is 13.9. The number of thiophene rings is 1. The molecule has 0 radical (unpaired) electrons. The van der Waals surface area contributed by atoms with Crippen molar-refractivity contribution in [2.24, 2.45) is 0 Å². The van der Waals surface area contributed by atoms with E-state index in [1.165, 1.54) is 41.7 Å². The fourth-order valence-electron chi connectivity index (χ4n) is 2.35. The van der Waals surface area contributed by atoms with Crippen molar-refractivity contribution >= 4 is 29.1 Å². The second-order valence-corrected chi connectivity index (χ2v) is 6.95. The fraction of sp³-hybridized carbons (Fsp3) is 0.0500. The molecule has 3 rings (SSSR count). The van der Waals surface area contributed by atoms with Gasteiger partial charge in [-0.15, -0.1) is 11.3 Å². The standard InChI is InChI=1S/C20H15F2N3O3S/c21-14-6-4-12(5-7-14)16-8-9-17(29-16)20(28)25-24-18(26)11-23-19(27)13-2-1-3-15(22)10-13/h1-10H,11H2,(H,23,27)(H,24,26)(H,25,28). The topological polar surface area (TPSA) is 87.3 Å². The van der Waals surface area contributed by atoms with Crippen molar-refractivity contribution < 1.29 is 23.2 Å². The largest absolute Gasteiger partial charge is 0.343 e. The quantitative estimate of drug-likeness (QED) is 0.560. The molecular weight excluding hydrogens is 400 g/mol. The summed E-state index contributed by atoms with van der Waals surface area (Å²) in [5.74, 6) is -2.72. The van der Waals surface area contributed by atoms with Crippen LogP contribution in [0.1, 0.15) is 20.0 Å². The number of carbonyl (C=O) groups is 3. The third-order valence-corrected chi connectivity index (χ3v) is 4.90. The number of rotatable bonds is 5. The zero-order chi connectivity index (χ0) is 20.8. The lowest BCUT2D eigenvalue weighted by Gasteiger charge is -2.08. The number of amides is 3. The van der Waals surface area contributed by atoms with E-state index in [-0.39, 0.29) is 11.4 Å². The van der Waals surface area contributed by atoms with Gasteiger partial charge < -0.3 is 5.32 Å². The van der Waals surface area contributed by atoms with Crippen molar-refractivity contribution in [2.45, 2.75) is 0 Å². The summed E-state index contributed by atoms with van der Waals surface area (Å²) in [6, 6.07) is 14.2. The first-order valence-corrected chi connectivity index (χ1v) is 9.23. The van der Waals surface area contributed by atoms with E-state index in [1.807, 2.05) is 0 Å². The van der Waals surface area contributed by atoms with Crippen LogP contribution < -0.4 is 16.2 Å². The minimum absolute atomic E-state index is 0.0775. The molecule has 0 bridgehead atoms. The zero-order valence-corrected chi connectivity index (χ0v) is 15.7. The first-order valence-electron chi connectivity index (χ1n) is 8.41. The van der Waals surface area contributed by atoms with Crippen molar-refractivity contribution in [3.63, 3.8) is 0 Å². The maximum Gasteiger partial charge on any atom is 0.279 e. The van der Waals surface area contributed by atoms with E-state index in [1.54, 1.807) is 24.3 Å². The molecule has 29 heavy (non-hydrogen) atoms. The van der Waals surface area contributed by atoms with Crippen LogP contribution in [0.5, 0.6) is 0 Å². The van der Waals surface area contributed by atoms with Crippen LogP contribution in [0, 0.1) is 11.6 Å². The molecule has 0 aliphatic rings. The van der Waals surface area contributed by atoms with Gasteiger partial charge in [0, 0.05) is 10.4 Å². The zero-order valence-electron chi connectivity index (χ0n) is 14.9. The van der Waals surface area contributed by atoms with E-state index >= 15 is 0 Å². The lowest BCUT2D eigenvalue weighted by molar-refractivity contribution is -0.120. The summed E-state index contributed by atoms with van der Waals surface area (Å²) in [7, 11) is 0. The summed E-state index contributed by atoms with van der Waals surface area (Å²) in [5, 5.41) is 2.32. The van der Waals surface area contributed by atoms with Gasteiger partial charge in [0.05, 0.1) is 11.4 Å². The molecule has 0 spiro atoms. The average Bonchev–Trinajstić information content (AvgIpc) is 3.21. The maximum atomic E-state index is 13.1. The molecular formula is C20H15F2N3O3S. The second-order valence-electron chi connectivity index (χ2n) is 5.87. The van der Waals surface area contributed by atoms with Crippen molar-refractivity contribution in [3.05, 3.63) is 82.7 Å². The number of halogens is 2. The van der Waals surface area contributed by atoms with Gasteiger partial charge in [0.2, 0.25) is 0 Å². The van der Waals surface area contributed by atoms with Crippen LogP contribution in [0.15, 0.2) is 60.7 Å². The number of benzene rings is 2. The van der Waals surface area contributed by atoms with Gasteiger partial charge in [-0.05, 0) is 48.0 Å². The second kappa shape index (κ2) is 9.07. The highest BCUT2D eigenvalue weighted by molar-refractivity contribution is 7.17. The Hall–Kier alpha value is -3.59. The lowest BCUT2D eigenvalue weighted by Crippen LogP contribution is -2.46. The molecule has 0 saturated heterocycles. The molecule has 0 unspecified atom stereocenters. The van der Waals surface area contributed by atoms with Gasteiger partial charge >= 0.3 is 0 Å². The molecule has 1 aromatic heterocycles. The first kappa shape index (κ1) is 20.2. The predicted octanol–water partition coefficient (Wildman–Crippen LogP) is 2.88. The molecule has 0 saturated carbocycles. The number of hydrazine groups is 1. The Morgan fingerprint density at radius 3 is 2.31 bits per heavy atom. The van der Waals surface area contributed by atoms with Crippen molar-refractivity contribution in [1.29, 1.82) is 0 Å². The minimum Gasteiger partial charge on any atom is -0.343 e. The molecule has 0 aliphatic carbocycles. The van der Waals surface area contributed by atoms with Crippen molar-refractivity contribution in [3.8, 4) is 10.4 Å². The monoisotopic (exact) mass is 415 g/mol. The normalized spacial score (nSPS) is 10.3. The third kappa shape index (κ3) is 5.45. The number of nitrogens with one attached hydrogen (secondary N) is 3. The molecule has 9 heteroatoms. The van der Waals surface area contributed by atoms with Gasteiger partial charge in [0.1, 0.15) is 11.6 Å². The molecule has 6 nitrogen and oxygen atoms in total. The summed E-state index contributed by atoms with van der Waals surface area (Å²) < 4.78 is 26.1. The molecule has 1 heterocycles. The molecule has 3 aromatic rings. The van der Waals surface area contributed by atoms with Crippen molar-refractivity contribution in [2.75, 3.05) is 6.54 Å². The Labute approximate surface area is 168 Å². The van der Waals surface area contributed by atoms with E-state index < -0.39 is 30.1 Å². The Morgan fingerprint density at radius 2 is 1.59 bits per heavy atom. The smallest absolute Gasteiger partial charge is 0.279 e. The summed E-state index contributed by atoms with van der Waals surface area (Å²) >= 11 is 1.18. The highest BCUT2D eigenvalue weighted by Crippen LogP contribution is 2.28. The van der Waals surface area contributed by atoms with E-state index in [2.05, 4.69) is 16.2 Å². The predicted molar refractivity (Wildman–Crippen MR) is 104 cm³/mol. The van der Waals surface area contributed by atoms with Gasteiger partial charge in [0.15, 0.2) is 0 Å². The minimum atomic E-state index is -0.654. The summed E-state index contributed by atoms with van der Waals surface area (Å²) in [5.41, 5.74) is 5.27. The summed E-state index contributed by atoms with van der Waals surface area (Å²) in [6.45, 7) is -0.402. The number of hydrogen-bond donors (Lipinski definition) is 3. The SMILES string of the molecule is O=C(CNC(=O)c1cccc(F)c1)NNC(=O)c1ccc(-c2ccc(F)cc2)s1. The van der Waals surface area contributed by atoms with Crippen LogP contribution in [0.2, 0.25) is 0 Å². The Bertz CT molecular complexity index is 1050. The van der Waals surface area contributed by atoms with Crippen LogP contribution >= 0.6 is 11.3 Å². The summed E-state index contributed by atoms with van der Waals surface area (Å²) in [4.78, 5) is 36.9. The van der Waals surface area contributed by atoms with E-state index in [0.717, 1.165) is 16.5 Å². The van der Waals surface area contributed by atoms with Gasteiger partial charge in [-0.25, -0.2) is 8.78 Å². The van der Waals surface area contributed by atoms with Gasteiger partial charge in [-0.3, -0.25) is 25.2 Å². The van der Waals surface area contributed by atoms with Crippen LogP contribution in [-0.2, 0) is 4.79 Å². The van der Waals surface area contributed by atoms with E-state index in [4.69, 9.17) is 0 Å². The van der Waals surface area contributed by atoms with E-state index in [0.29, 0.717) is 4.88 Å². The Morgan fingerprint density at radius 1 is 0.828 bits per heavy atom. The van der Waals surface area contributed by atoms with Crippen LogP contribution in [-0.4, -0.2) is 24.3 Å². The molecule has 2 aromatic carbocycles. The van der Waals surface area contributed by atoms with E-state index in [9.17, 15) is 23.2 Å². The van der Waals surface area contributed by atoms with Gasteiger partial charge in [-0.1, -0.05) is 18.2 Å². The third-order valence-electron chi connectivity index (χ3n) is 3.77. The molecule has 148 valence electrons. The summed E-state index contributed by atoms with van der Waals surface area (Å²) in [6.07, 6.45) is 0. The van der Waals surface area contributed by atoms with Gasteiger partial charge in [0.25, 0.3) is 17.7 Å². The maximum absolute atomic E-state index is 13.1. The molecule has 3 N–H and O–H groups in total. The molecule has 0 fully saturated rings. The molecule has 0 aliphatic heterocycles. The number of hydrogen-bond acceptors (Lipinski definition) is 4. The molecule has 0 atom stereocenters. The van der Waals surface area contributed by atoms with Crippen LogP contribution in [0.25, 0.3) is 10.4 Å². The van der Waals surface area contributed by atoms with Crippen LogP contribution in [0.4, 0.5) is 8.78 Å². The Balaban J connectivity index is 1.48. The van der Waals surface area contributed by atoms with Crippen molar-refractivity contribution in [1.82, 2.24) is 16.2 Å². The fourth-order valence-corrected chi connectivity index (χ4v) is 3.26.